The smallest absolute Gasteiger partial charge is 0.137 e. The van der Waals surface area contributed by atoms with Gasteiger partial charge in [-0.3, -0.25) is 0 Å². The lowest BCUT2D eigenvalue weighted by molar-refractivity contribution is 0.554. The zero-order valence-electron chi connectivity index (χ0n) is 11.0. The standard InChI is InChI=1S/C15H13BrClF2N/c1-8-4-3-5-9(14(8)17)15(20-2)10-6-13(19)11(16)7-12(10)18/h3-7,15,20H,1-2H3. The topological polar surface area (TPSA) is 12.0 Å². The molecule has 1 unspecified atom stereocenters. The predicted octanol–water partition coefficient (Wildman–Crippen LogP) is 5.00. The van der Waals surface area contributed by atoms with Crippen molar-refractivity contribution >= 4 is 27.5 Å². The zero-order valence-corrected chi connectivity index (χ0v) is 13.3. The highest BCUT2D eigenvalue weighted by Crippen LogP contribution is 2.33. The van der Waals surface area contributed by atoms with Crippen LogP contribution in [0.3, 0.4) is 0 Å². The summed E-state index contributed by atoms with van der Waals surface area (Å²) < 4.78 is 27.9. The molecule has 2 aromatic rings. The fraction of sp³-hybridized carbons (Fsp3) is 0.200. The first-order valence-corrected chi connectivity index (χ1v) is 7.19. The summed E-state index contributed by atoms with van der Waals surface area (Å²) >= 11 is 9.25. The maximum absolute atomic E-state index is 14.1. The number of hydrogen-bond acceptors (Lipinski definition) is 1. The van der Waals surface area contributed by atoms with Gasteiger partial charge in [-0.2, -0.15) is 0 Å². The number of aryl methyl sites for hydroxylation is 1. The van der Waals surface area contributed by atoms with E-state index in [2.05, 4.69) is 21.2 Å². The first-order valence-electron chi connectivity index (χ1n) is 6.02. The van der Waals surface area contributed by atoms with Gasteiger partial charge in [0.25, 0.3) is 0 Å². The van der Waals surface area contributed by atoms with Crippen LogP contribution in [0.5, 0.6) is 0 Å². The Kier molecular flexibility index (Phi) is 4.78. The van der Waals surface area contributed by atoms with Crippen LogP contribution >= 0.6 is 27.5 Å². The summed E-state index contributed by atoms with van der Waals surface area (Å²) in [6.07, 6.45) is 0. The molecule has 0 heterocycles. The quantitative estimate of drug-likeness (QED) is 0.760. The van der Waals surface area contributed by atoms with Crippen molar-refractivity contribution in [3.05, 3.63) is 68.2 Å². The van der Waals surface area contributed by atoms with Crippen molar-refractivity contribution in [2.75, 3.05) is 7.05 Å². The van der Waals surface area contributed by atoms with Crippen molar-refractivity contribution in [2.24, 2.45) is 0 Å². The lowest BCUT2D eigenvalue weighted by Gasteiger charge is -2.20. The van der Waals surface area contributed by atoms with Gasteiger partial charge in [-0.25, -0.2) is 8.78 Å². The molecule has 0 radical (unpaired) electrons. The van der Waals surface area contributed by atoms with E-state index in [9.17, 15) is 8.78 Å². The average molecular weight is 361 g/mol. The van der Waals surface area contributed by atoms with Crippen LogP contribution in [0.25, 0.3) is 0 Å². The van der Waals surface area contributed by atoms with E-state index in [1.165, 1.54) is 6.07 Å². The van der Waals surface area contributed by atoms with E-state index in [0.717, 1.165) is 17.2 Å². The normalized spacial score (nSPS) is 12.5. The fourth-order valence-electron chi connectivity index (χ4n) is 2.13. The Labute approximate surface area is 130 Å². The monoisotopic (exact) mass is 359 g/mol. The third-order valence-electron chi connectivity index (χ3n) is 3.17. The third-order valence-corrected chi connectivity index (χ3v) is 4.30. The Balaban J connectivity index is 2.58. The summed E-state index contributed by atoms with van der Waals surface area (Å²) in [5.74, 6) is -0.999. The lowest BCUT2D eigenvalue weighted by Crippen LogP contribution is -2.20. The molecule has 20 heavy (non-hydrogen) atoms. The molecule has 0 aliphatic carbocycles. The molecule has 0 aliphatic rings. The number of hydrogen-bond donors (Lipinski definition) is 1. The Morgan fingerprint density at radius 3 is 2.50 bits per heavy atom. The van der Waals surface area contributed by atoms with E-state index in [-0.39, 0.29) is 10.0 Å². The zero-order chi connectivity index (χ0) is 14.9. The van der Waals surface area contributed by atoms with Crippen LogP contribution in [-0.4, -0.2) is 7.05 Å². The minimum Gasteiger partial charge on any atom is -0.309 e. The van der Waals surface area contributed by atoms with E-state index >= 15 is 0 Å². The van der Waals surface area contributed by atoms with Crippen LogP contribution in [0, 0.1) is 18.6 Å². The minimum absolute atomic E-state index is 0.101. The Bertz CT molecular complexity index is 646. The van der Waals surface area contributed by atoms with Crippen LogP contribution in [0.4, 0.5) is 8.78 Å². The van der Waals surface area contributed by atoms with Crippen LogP contribution in [0.1, 0.15) is 22.7 Å². The van der Waals surface area contributed by atoms with E-state index in [1.54, 1.807) is 13.1 Å². The lowest BCUT2D eigenvalue weighted by atomic mass is 9.96. The van der Waals surface area contributed by atoms with E-state index in [1.807, 2.05) is 19.1 Å². The van der Waals surface area contributed by atoms with Crippen molar-refractivity contribution < 1.29 is 8.78 Å². The highest BCUT2D eigenvalue weighted by Gasteiger charge is 2.21. The van der Waals surface area contributed by atoms with Gasteiger partial charge in [-0.15, -0.1) is 0 Å². The highest BCUT2D eigenvalue weighted by molar-refractivity contribution is 9.10. The predicted molar refractivity (Wildman–Crippen MR) is 81.1 cm³/mol. The molecule has 2 rings (SSSR count). The van der Waals surface area contributed by atoms with Crippen molar-refractivity contribution in [1.82, 2.24) is 5.32 Å². The van der Waals surface area contributed by atoms with Gasteiger partial charge < -0.3 is 5.32 Å². The summed E-state index contributed by atoms with van der Waals surface area (Å²) in [5.41, 5.74) is 1.83. The second kappa shape index (κ2) is 6.20. The fourth-order valence-corrected chi connectivity index (χ4v) is 2.68. The van der Waals surface area contributed by atoms with E-state index in [4.69, 9.17) is 11.6 Å². The Morgan fingerprint density at radius 2 is 1.85 bits per heavy atom. The summed E-state index contributed by atoms with van der Waals surface area (Å²) in [7, 11) is 1.68. The summed E-state index contributed by atoms with van der Waals surface area (Å²) in [5, 5.41) is 3.53. The molecule has 2 aromatic carbocycles. The molecular formula is C15H13BrClF2N. The molecule has 1 nitrogen and oxygen atoms in total. The molecule has 0 fully saturated rings. The van der Waals surface area contributed by atoms with Gasteiger partial charge in [0.1, 0.15) is 11.6 Å². The van der Waals surface area contributed by atoms with Gasteiger partial charge in [-0.1, -0.05) is 29.8 Å². The summed E-state index contributed by atoms with van der Waals surface area (Å²) in [4.78, 5) is 0. The molecule has 0 aromatic heterocycles. The van der Waals surface area contributed by atoms with Gasteiger partial charge in [-0.05, 0) is 53.2 Å². The molecule has 0 saturated carbocycles. The summed E-state index contributed by atoms with van der Waals surface area (Å²) in [6.45, 7) is 1.87. The Hall–Kier alpha value is -0.970. The number of rotatable bonds is 3. The molecule has 0 aliphatic heterocycles. The van der Waals surface area contributed by atoms with Crippen LogP contribution in [-0.2, 0) is 0 Å². The maximum Gasteiger partial charge on any atom is 0.137 e. The second-order valence-corrected chi connectivity index (χ2v) is 5.72. The number of benzene rings is 2. The molecule has 0 spiro atoms. The van der Waals surface area contributed by atoms with Gasteiger partial charge >= 0.3 is 0 Å². The highest BCUT2D eigenvalue weighted by atomic mass is 79.9. The van der Waals surface area contributed by atoms with Crippen LogP contribution < -0.4 is 5.32 Å². The van der Waals surface area contributed by atoms with E-state index < -0.39 is 17.7 Å². The number of nitrogens with one attached hydrogen (secondary N) is 1. The molecule has 1 N–H and O–H groups in total. The average Bonchev–Trinajstić information content (AvgIpc) is 2.41. The second-order valence-electron chi connectivity index (χ2n) is 4.49. The Morgan fingerprint density at radius 1 is 1.15 bits per heavy atom. The molecular weight excluding hydrogens is 348 g/mol. The molecule has 5 heteroatoms. The first-order chi connectivity index (χ1) is 9.45. The van der Waals surface area contributed by atoms with Gasteiger partial charge in [0.15, 0.2) is 0 Å². The molecule has 0 saturated heterocycles. The maximum atomic E-state index is 14.1. The number of halogens is 4. The van der Waals surface area contributed by atoms with Gasteiger partial charge in [0, 0.05) is 10.6 Å². The van der Waals surface area contributed by atoms with Crippen molar-refractivity contribution in [3.63, 3.8) is 0 Å². The molecule has 1 atom stereocenters. The van der Waals surface area contributed by atoms with Gasteiger partial charge in [0.2, 0.25) is 0 Å². The minimum atomic E-state index is -0.509. The molecule has 0 bridgehead atoms. The molecule has 106 valence electrons. The third kappa shape index (κ3) is 2.87. The van der Waals surface area contributed by atoms with Crippen molar-refractivity contribution in [2.45, 2.75) is 13.0 Å². The van der Waals surface area contributed by atoms with Crippen LogP contribution in [0.15, 0.2) is 34.8 Å². The largest absolute Gasteiger partial charge is 0.309 e. The summed E-state index contributed by atoms with van der Waals surface area (Å²) in [6, 6.07) is 7.31. The SMILES string of the molecule is CNC(c1cc(F)c(Br)cc1F)c1cccc(C)c1Cl. The van der Waals surface area contributed by atoms with Crippen molar-refractivity contribution in [3.8, 4) is 0 Å². The van der Waals surface area contributed by atoms with Crippen molar-refractivity contribution in [1.29, 1.82) is 0 Å². The van der Waals surface area contributed by atoms with E-state index in [0.29, 0.717) is 5.02 Å². The first kappa shape index (κ1) is 15.4. The molecule has 0 amide bonds. The van der Waals surface area contributed by atoms with Crippen LogP contribution in [0.2, 0.25) is 5.02 Å². The van der Waals surface area contributed by atoms with Gasteiger partial charge in [0.05, 0.1) is 10.5 Å².